The molecule has 0 aliphatic heterocycles. The van der Waals surface area contributed by atoms with Gasteiger partial charge in [-0.15, -0.1) is 0 Å². The van der Waals surface area contributed by atoms with E-state index in [0.717, 1.165) is 12.2 Å². The van der Waals surface area contributed by atoms with Crippen LogP contribution < -0.4 is 0 Å². The molecule has 1 saturated carbocycles. The van der Waals surface area contributed by atoms with Gasteiger partial charge in [0.25, 0.3) is 0 Å². The van der Waals surface area contributed by atoms with E-state index in [0.29, 0.717) is 11.3 Å². The molecule has 2 rings (SSSR count). The van der Waals surface area contributed by atoms with Crippen molar-refractivity contribution in [1.29, 1.82) is 0 Å². The number of rotatable bonds is 2. The molecule has 0 aromatic heterocycles. The number of aldehydes is 1. The first kappa shape index (κ1) is 11.9. The molecule has 90 valence electrons. The number of hydrogen-bond acceptors (Lipinski definition) is 1. The summed E-state index contributed by atoms with van der Waals surface area (Å²) in [6.45, 7) is 6.90. The molecule has 0 bridgehead atoms. The Balaban J connectivity index is 2.19. The predicted molar refractivity (Wildman–Crippen MR) is 67.2 cm³/mol. The number of carbonyl (C=O) groups is 1. The Morgan fingerprint density at radius 3 is 2.94 bits per heavy atom. The largest absolute Gasteiger partial charge is 0.303 e. The molecule has 2 aliphatic rings. The van der Waals surface area contributed by atoms with Crippen LogP contribution >= 0.6 is 0 Å². The summed E-state index contributed by atoms with van der Waals surface area (Å²) < 4.78 is 0. The predicted octanol–water partition coefficient (Wildman–Crippen LogP) is 3.98. The maximum absolute atomic E-state index is 10.9. The Bertz CT molecular complexity index is 305. The first-order chi connectivity index (χ1) is 7.58. The van der Waals surface area contributed by atoms with E-state index in [1.807, 2.05) is 0 Å². The third-order valence-corrected chi connectivity index (χ3v) is 5.24. The van der Waals surface area contributed by atoms with Crippen LogP contribution in [0.4, 0.5) is 0 Å². The molecular weight excluding hydrogens is 196 g/mol. The molecule has 0 heterocycles. The van der Waals surface area contributed by atoms with E-state index in [4.69, 9.17) is 0 Å². The normalized spacial score (nSPS) is 40.8. The Morgan fingerprint density at radius 1 is 1.50 bits per heavy atom. The van der Waals surface area contributed by atoms with Gasteiger partial charge in [0.15, 0.2) is 0 Å². The van der Waals surface area contributed by atoms with Crippen molar-refractivity contribution in [3.63, 3.8) is 0 Å². The second-order valence-corrected chi connectivity index (χ2v) is 6.12. The lowest BCUT2D eigenvalue weighted by molar-refractivity contribution is -0.112. The fraction of sp³-hybridized carbons (Fsp3) is 0.800. The van der Waals surface area contributed by atoms with Crippen LogP contribution in [-0.4, -0.2) is 6.29 Å². The van der Waals surface area contributed by atoms with E-state index in [9.17, 15) is 4.79 Å². The van der Waals surface area contributed by atoms with Gasteiger partial charge in [0.2, 0.25) is 0 Å². The monoisotopic (exact) mass is 220 g/mol. The molecule has 0 N–H and O–H groups in total. The summed E-state index contributed by atoms with van der Waals surface area (Å²) in [5.41, 5.74) is 2.07. The minimum atomic E-state index is 0.243. The van der Waals surface area contributed by atoms with Crippen LogP contribution in [0.1, 0.15) is 52.9 Å². The average molecular weight is 220 g/mol. The highest BCUT2D eigenvalue weighted by molar-refractivity contribution is 5.53. The van der Waals surface area contributed by atoms with Crippen LogP contribution in [0.2, 0.25) is 0 Å². The van der Waals surface area contributed by atoms with Crippen LogP contribution in [0.5, 0.6) is 0 Å². The fourth-order valence-corrected chi connectivity index (χ4v) is 3.64. The van der Waals surface area contributed by atoms with E-state index in [2.05, 4.69) is 26.8 Å². The summed E-state index contributed by atoms with van der Waals surface area (Å²) in [4.78, 5) is 10.9. The van der Waals surface area contributed by atoms with Crippen LogP contribution in [0, 0.1) is 23.2 Å². The summed E-state index contributed by atoms with van der Waals surface area (Å²) in [5.74, 6) is 1.64. The summed E-state index contributed by atoms with van der Waals surface area (Å²) >= 11 is 0. The summed E-state index contributed by atoms with van der Waals surface area (Å²) in [7, 11) is 0. The van der Waals surface area contributed by atoms with Crippen LogP contribution in [0.25, 0.3) is 0 Å². The van der Waals surface area contributed by atoms with Gasteiger partial charge < -0.3 is 4.79 Å². The van der Waals surface area contributed by atoms with Crippen molar-refractivity contribution in [3.8, 4) is 0 Å². The highest BCUT2D eigenvalue weighted by Gasteiger charge is 2.42. The molecular formula is C15H24O. The number of fused-ring (bicyclic) bond motifs is 1. The molecule has 0 radical (unpaired) electrons. The minimum Gasteiger partial charge on any atom is -0.303 e. The lowest BCUT2D eigenvalue weighted by Crippen LogP contribution is -2.38. The number of allylic oxidation sites excluding steroid dienone is 2. The highest BCUT2D eigenvalue weighted by Crippen LogP contribution is 2.53. The summed E-state index contributed by atoms with van der Waals surface area (Å²) in [6.07, 6.45) is 9.87. The van der Waals surface area contributed by atoms with Crippen molar-refractivity contribution in [1.82, 2.24) is 0 Å². The first-order valence-corrected chi connectivity index (χ1v) is 6.72. The van der Waals surface area contributed by atoms with Crippen LogP contribution in [0.15, 0.2) is 11.6 Å². The standard InChI is InChI=1S/C15H24O/c1-11(10-16)13-7-8-14-6-4-5-12(2)15(14,3)9-13/h6,10-13H,4-5,7-9H2,1-3H3/t11?,12-,13-,15+/m1/s1. The smallest absolute Gasteiger partial charge is 0.123 e. The molecule has 4 atom stereocenters. The van der Waals surface area contributed by atoms with Crippen molar-refractivity contribution in [2.75, 3.05) is 0 Å². The molecule has 1 nitrogen and oxygen atoms in total. The third kappa shape index (κ3) is 1.85. The molecule has 0 spiro atoms. The second-order valence-electron chi connectivity index (χ2n) is 6.12. The van der Waals surface area contributed by atoms with Crippen molar-refractivity contribution in [2.45, 2.75) is 52.9 Å². The minimum absolute atomic E-state index is 0.243. The van der Waals surface area contributed by atoms with Gasteiger partial charge in [-0.1, -0.05) is 32.4 Å². The Kier molecular flexibility index (Phi) is 3.23. The molecule has 1 heteroatoms. The summed E-state index contributed by atoms with van der Waals surface area (Å²) in [6, 6.07) is 0. The van der Waals surface area contributed by atoms with Crippen molar-refractivity contribution in [3.05, 3.63) is 11.6 Å². The van der Waals surface area contributed by atoms with Gasteiger partial charge in [-0.2, -0.15) is 0 Å². The number of hydrogen-bond donors (Lipinski definition) is 0. The molecule has 0 aromatic carbocycles. The van der Waals surface area contributed by atoms with E-state index in [1.54, 1.807) is 5.57 Å². The zero-order valence-electron chi connectivity index (χ0n) is 10.8. The van der Waals surface area contributed by atoms with Gasteiger partial charge >= 0.3 is 0 Å². The first-order valence-electron chi connectivity index (χ1n) is 6.72. The van der Waals surface area contributed by atoms with Gasteiger partial charge in [0, 0.05) is 5.92 Å². The Labute approximate surface area is 99.3 Å². The zero-order chi connectivity index (χ0) is 11.8. The number of carbonyl (C=O) groups excluding carboxylic acids is 1. The molecule has 0 amide bonds. The zero-order valence-corrected chi connectivity index (χ0v) is 10.8. The third-order valence-electron chi connectivity index (χ3n) is 5.24. The molecule has 2 aliphatic carbocycles. The van der Waals surface area contributed by atoms with Crippen LogP contribution in [-0.2, 0) is 4.79 Å². The molecule has 16 heavy (non-hydrogen) atoms. The van der Waals surface area contributed by atoms with Gasteiger partial charge in [0.1, 0.15) is 6.29 Å². The Hall–Kier alpha value is -0.590. The van der Waals surface area contributed by atoms with Gasteiger partial charge in [-0.25, -0.2) is 0 Å². The summed E-state index contributed by atoms with van der Waals surface area (Å²) in [5, 5.41) is 0. The lowest BCUT2D eigenvalue weighted by Gasteiger charge is -2.48. The Morgan fingerprint density at radius 2 is 2.25 bits per heavy atom. The van der Waals surface area contributed by atoms with E-state index >= 15 is 0 Å². The maximum Gasteiger partial charge on any atom is 0.123 e. The van der Waals surface area contributed by atoms with Crippen molar-refractivity contribution < 1.29 is 4.79 Å². The van der Waals surface area contributed by atoms with Crippen LogP contribution in [0.3, 0.4) is 0 Å². The molecule has 0 saturated heterocycles. The average Bonchev–Trinajstić information content (AvgIpc) is 2.29. The van der Waals surface area contributed by atoms with Gasteiger partial charge in [-0.05, 0) is 49.4 Å². The van der Waals surface area contributed by atoms with Crippen molar-refractivity contribution >= 4 is 6.29 Å². The van der Waals surface area contributed by atoms with E-state index in [1.165, 1.54) is 32.1 Å². The second kappa shape index (κ2) is 4.35. The molecule has 1 fully saturated rings. The quantitative estimate of drug-likeness (QED) is 0.508. The fourth-order valence-electron chi connectivity index (χ4n) is 3.64. The highest BCUT2D eigenvalue weighted by atomic mass is 16.1. The van der Waals surface area contributed by atoms with Gasteiger partial charge in [-0.3, -0.25) is 0 Å². The lowest BCUT2D eigenvalue weighted by atomic mass is 9.57. The maximum atomic E-state index is 10.9. The SMILES string of the molecule is CC(C=O)[C@@H]1CCC2=CCC[C@@H](C)[C@]2(C)C1. The van der Waals surface area contributed by atoms with E-state index in [-0.39, 0.29) is 5.92 Å². The molecule has 1 unspecified atom stereocenters. The molecule has 0 aromatic rings. The van der Waals surface area contributed by atoms with E-state index < -0.39 is 0 Å². The van der Waals surface area contributed by atoms with Gasteiger partial charge in [0.05, 0.1) is 0 Å². The topological polar surface area (TPSA) is 17.1 Å². The van der Waals surface area contributed by atoms with Crippen molar-refractivity contribution in [2.24, 2.45) is 23.2 Å².